The zero-order chi connectivity index (χ0) is 32.5. The van der Waals surface area contributed by atoms with E-state index in [1.54, 1.807) is 36.4 Å². The number of rotatable bonds is 11. The van der Waals surface area contributed by atoms with E-state index in [1.807, 2.05) is 24.3 Å². The number of sulfonamides is 1. The van der Waals surface area contributed by atoms with Gasteiger partial charge < -0.3 is 10.1 Å². The van der Waals surface area contributed by atoms with Crippen LogP contribution >= 0.6 is 0 Å². The van der Waals surface area contributed by atoms with Crippen LogP contribution < -0.4 is 10.1 Å². The van der Waals surface area contributed by atoms with Gasteiger partial charge in [0.15, 0.2) is 4.90 Å². The van der Waals surface area contributed by atoms with Crippen LogP contribution in [-0.2, 0) is 26.4 Å². The van der Waals surface area contributed by atoms with Crippen LogP contribution in [0.4, 0.5) is 11.4 Å². The summed E-state index contributed by atoms with van der Waals surface area (Å²) in [5.41, 5.74) is 1.17. The Morgan fingerprint density at radius 1 is 0.913 bits per heavy atom. The number of fused-ring (bicyclic) bond motifs is 1. The normalized spacial score (nSPS) is 16.7. The molecule has 4 aromatic rings. The van der Waals surface area contributed by atoms with Gasteiger partial charge in [-0.2, -0.15) is 4.31 Å². The van der Waals surface area contributed by atoms with Crippen LogP contribution in [0.1, 0.15) is 41.6 Å². The molecule has 1 saturated carbocycles. The number of sulfone groups is 1. The van der Waals surface area contributed by atoms with Gasteiger partial charge in [0, 0.05) is 29.9 Å². The fraction of sp³-hybridized carbons (Fsp3) is 0.303. The lowest BCUT2D eigenvalue weighted by molar-refractivity contribution is -0.387. The summed E-state index contributed by atoms with van der Waals surface area (Å²) in [6, 6.07) is 22.3. The summed E-state index contributed by atoms with van der Waals surface area (Å²) in [4.78, 5) is 23.4. The molecule has 0 atom stereocenters. The van der Waals surface area contributed by atoms with E-state index < -0.39 is 41.4 Å². The van der Waals surface area contributed by atoms with Crippen LogP contribution in [-0.4, -0.2) is 56.1 Å². The van der Waals surface area contributed by atoms with E-state index in [-0.39, 0.29) is 36.8 Å². The van der Waals surface area contributed by atoms with Crippen molar-refractivity contribution < 1.29 is 31.3 Å². The maximum Gasteiger partial charge on any atom is 0.289 e. The highest BCUT2D eigenvalue weighted by Gasteiger charge is 2.38. The Morgan fingerprint density at radius 3 is 2.28 bits per heavy atom. The lowest BCUT2D eigenvalue weighted by Crippen LogP contribution is -2.44. The molecule has 0 bridgehead atoms. The Bertz CT molecular complexity index is 2000. The zero-order valence-electron chi connectivity index (χ0n) is 24.9. The van der Waals surface area contributed by atoms with E-state index in [2.05, 4.69) is 5.32 Å². The van der Waals surface area contributed by atoms with Crippen molar-refractivity contribution in [1.82, 2.24) is 4.31 Å². The number of ether oxygens (including phenoxy) is 1. The lowest BCUT2D eigenvalue weighted by atomic mass is 10.1. The summed E-state index contributed by atoms with van der Waals surface area (Å²) in [6.07, 6.45) is 2.58. The third-order valence-corrected chi connectivity index (χ3v) is 12.0. The van der Waals surface area contributed by atoms with Gasteiger partial charge in [0.25, 0.3) is 11.6 Å². The summed E-state index contributed by atoms with van der Waals surface area (Å²) >= 11 is 0. The monoisotopic (exact) mass is 663 g/mol. The van der Waals surface area contributed by atoms with Crippen LogP contribution in [0, 0.1) is 16.0 Å². The van der Waals surface area contributed by atoms with Gasteiger partial charge in [0.05, 0.1) is 23.0 Å². The quantitative estimate of drug-likeness (QED) is 0.162. The number of hydrogen-bond acceptors (Lipinski definition) is 8. The molecule has 0 unspecified atom stereocenters. The SMILES string of the molecule is O=C(Nc1ccc2cc(CN(C3CCS(=O)(=O)CC3)S(=O)(=O)c3ccccc3[N+](=O)[O-])ccc2c1)c1ccc(OCC2CC2)cc1. The Morgan fingerprint density at radius 2 is 1.59 bits per heavy atom. The molecule has 0 spiro atoms. The number of anilines is 1. The van der Waals surface area contributed by atoms with E-state index >= 15 is 0 Å². The third kappa shape index (κ3) is 7.22. The molecule has 46 heavy (non-hydrogen) atoms. The second kappa shape index (κ2) is 12.8. The smallest absolute Gasteiger partial charge is 0.289 e. The number of nitrogens with zero attached hydrogens (tertiary/aromatic N) is 2. The van der Waals surface area contributed by atoms with Gasteiger partial charge >= 0.3 is 0 Å². The predicted octanol–water partition coefficient (Wildman–Crippen LogP) is 5.56. The van der Waals surface area contributed by atoms with Crippen LogP contribution in [0.3, 0.4) is 0 Å². The number of nitrogens with one attached hydrogen (secondary N) is 1. The molecule has 6 rings (SSSR count). The summed E-state index contributed by atoms with van der Waals surface area (Å²) in [5.74, 6) is 0.771. The van der Waals surface area contributed by atoms with Gasteiger partial charge in [-0.15, -0.1) is 0 Å². The summed E-state index contributed by atoms with van der Waals surface area (Å²) in [7, 11) is -7.66. The number of amides is 1. The third-order valence-electron chi connectivity index (χ3n) is 8.38. The number of carbonyl (C=O) groups excluding carboxylic acids is 1. The van der Waals surface area contributed by atoms with E-state index in [0.717, 1.165) is 22.6 Å². The van der Waals surface area contributed by atoms with Gasteiger partial charge in [-0.3, -0.25) is 14.9 Å². The first kappa shape index (κ1) is 31.6. The van der Waals surface area contributed by atoms with Crippen molar-refractivity contribution in [2.75, 3.05) is 23.4 Å². The maximum atomic E-state index is 14.0. The van der Waals surface area contributed by atoms with Crippen LogP contribution in [0.5, 0.6) is 5.75 Å². The van der Waals surface area contributed by atoms with E-state index in [1.165, 1.54) is 35.3 Å². The molecule has 4 aromatic carbocycles. The standard InChI is InChI=1S/C33H33N3O8S2/c37-33(25-10-13-30(14-11-25)44-22-23-5-6-23)34-28-12-9-26-19-24(7-8-27(26)20-28)21-35(29-15-17-45(40,41)18-16-29)46(42,43)32-4-2-1-3-31(32)36(38)39/h1-4,7-14,19-20,23,29H,5-6,15-18,21-22H2,(H,34,37). The van der Waals surface area contributed by atoms with E-state index in [0.29, 0.717) is 29.3 Å². The Balaban J connectivity index is 1.21. The van der Waals surface area contributed by atoms with Gasteiger partial charge in [0.2, 0.25) is 10.0 Å². The molecule has 0 radical (unpaired) electrons. The average Bonchev–Trinajstić information content (AvgIpc) is 3.88. The summed E-state index contributed by atoms with van der Waals surface area (Å²) < 4.78 is 59.1. The minimum absolute atomic E-state index is 0.0923. The molecule has 240 valence electrons. The first-order valence-electron chi connectivity index (χ1n) is 15.0. The Hall–Kier alpha value is -4.33. The number of nitro groups is 1. The molecule has 2 fully saturated rings. The average molecular weight is 664 g/mol. The second-order valence-corrected chi connectivity index (χ2v) is 15.9. The predicted molar refractivity (Wildman–Crippen MR) is 174 cm³/mol. The summed E-state index contributed by atoms with van der Waals surface area (Å²) in [5, 5.41) is 16.2. The minimum Gasteiger partial charge on any atom is -0.493 e. The van der Waals surface area contributed by atoms with Crippen molar-refractivity contribution in [2.45, 2.75) is 43.2 Å². The number of para-hydroxylation sites is 1. The lowest BCUT2D eigenvalue weighted by Gasteiger charge is -2.33. The molecule has 1 aliphatic carbocycles. The molecule has 1 saturated heterocycles. The highest BCUT2D eigenvalue weighted by molar-refractivity contribution is 7.91. The van der Waals surface area contributed by atoms with Crippen molar-refractivity contribution >= 4 is 47.9 Å². The van der Waals surface area contributed by atoms with Gasteiger partial charge in [-0.05, 0) is 96.5 Å². The van der Waals surface area contributed by atoms with Crippen molar-refractivity contribution in [3.63, 3.8) is 0 Å². The first-order valence-corrected chi connectivity index (χ1v) is 18.3. The molecule has 13 heteroatoms. The van der Waals surface area contributed by atoms with Crippen LogP contribution in [0.25, 0.3) is 10.8 Å². The van der Waals surface area contributed by atoms with Crippen molar-refractivity contribution in [3.05, 3.63) is 106 Å². The number of benzene rings is 4. The molecule has 1 heterocycles. The van der Waals surface area contributed by atoms with E-state index in [9.17, 15) is 31.7 Å². The number of nitro benzene ring substituents is 1. The largest absolute Gasteiger partial charge is 0.493 e. The highest BCUT2D eigenvalue weighted by atomic mass is 32.2. The fourth-order valence-electron chi connectivity index (χ4n) is 5.58. The Labute approximate surface area is 267 Å². The Kier molecular flexibility index (Phi) is 8.82. The maximum absolute atomic E-state index is 14.0. The van der Waals surface area contributed by atoms with Crippen LogP contribution in [0.15, 0.2) is 89.8 Å². The fourth-order valence-corrected chi connectivity index (χ4v) is 8.88. The molecule has 1 aliphatic heterocycles. The van der Waals surface area contributed by atoms with Crippen LogP contribution in [0.2, 0.25) is 0 Å². The minimum atomic E-state index is -4.38. The number of hydrogen-bond donors (Lipinski definition) is 1. The van der Waals surface area contributed by atoms with Crippen molar-refractivity contribution in [3.8, 4) is 5.75 Å². The summed E-state index contributed by atoms with van der Waals surface area (Å²) in [6.45, 7) is 0.590. The van der Waals surface area contributed by atoms with Crippen molar-refractivity contribution in [2.24, 2.45) is 5.92 Å². The molecule has 0 aromatic heterocycles. The molecule has 2 aliphatic rings. The topological polar surface area (TPSA) is 153 Å². The number of carbonyl (C=O) groups is 1. The first-order chi connectivity index (χ1) is 22.0. The van der Waals surface area contributed by atoms with Gasteiger partial charge in [0.1, 0.15) is 15.6 Å². The molecule has 1 N–H and O–H groups in total. The zero-order valence-corrected chi connectivity index (χ0v) is 26.5. The molecular formula is C33H33N3O8S2. The van der Waals surface area contributed by atoms with Gasteiger partial charge in [-0.25, -0.2) is 16.8 Å². The van der Waals surface area contributed by atoms with Crippen molar-refractivity contribution in [1.29, 1.82) is 0 Å². The molecule has 1 amide bonds. The highest BCUT2D eigenvalue weighted by Crippen LogP contribution is 2.33. The van der Waals surface area contributed by atoms with E-state index in [4.69, 9.17) is 4.74 Å². The van der Waals surface area contributed by atoms with Gasteiger partial charge in [-0.1, -0.05) is 30.3 Å². The molecular weight excluding hydrogens is 631 g/mol. The molecule has 11 nitrogen and oxygen atoms in total. The second-order valence-electron chi connectivity index (χ2n) is 11.8.